The summed E-state index contributed by atoms with van der Waals surface area (Å²) in [6.45, 7) is 3.58. The van der Waals surface area contributed by atoms with Gasteiger partial charge in [0, 0.05) is 5.69 Å². The summed E-state index contributed by atoms with van der Waals surface area (Å²) >= 11 is 5.50. The zero-order chi connectivity index (χ0) is 20.6. The van der Waals surface area contributed by atoms with Gasteiger partial charge in [-0.25, -0.2) is 0 Å². The molecule has 1 heterocycles. The van der Waals surface area contributed by atoms with Gasteiger partial charge in [-0.2, -0.15) is 8.78 Å². The number of morpholine rings is 1. The van der Waals surface area contributed by atoms with Gasteiger partial charge in [0.15, 0.2) is 5.11 Å². The van der Waals surface area contributed by atoms with Gasteiger partial charge in [0.05, 0.1) is 13.2 Å². The molecule has 0 saturated carbocycles. The van der Waals surface area contributed by atoms with E-state index in [0.29, 0.717) is 10.8 Å². The second-order valence-corrected chi connectivity index (χ2v) is 7.44. The van der Waals surface area contributed by atoms with Crippen molar-refractivity contribution in [3.63, 3.8) is 0 Å². The van der Waals surface area contributed by atoms with Crippen molar-refractivity contribution in [3.05, 3.63) is 59.7 Å². The minimum absolute atomic E-state index is 0.0464. The van der Waals surface area contributed by atoms with Crippen molar-refractivity contribution in [2.45, 2.75) is 19.6 Å². The van der Waals surface area contributed by atoms with Gasteiger partial charge in [0.2, 0.25) is 0 Å². The summed E-state index contributed by atoms with van der Waals surface area (Å²) in [5.41, 5.74) is 3.07. The molecule has 156 valence electrons. The van der Waals surface area contributed by atoms with Crippen LogP contribution in [0.25, 0.3) is 0 Å². The first-order chi connectivity index (χ1) is 14.0. The van der Waals surface area contributed by atoms with E-state index in [9.17, 15) is 8.78 Å². The number of halogens is 2. The molecule has 0 bridgehead atoms. The Morgan fingerprint density at radius 1 is 1.10 bits per heavy atom. The molecule has 1 fully saturated rings. The van der Waals surface area contributed by atoms with Crippen LogP contribution in [0.3, 0.4) is 0 Å². The van der Waals surface area contributed by atoms with E-state index in [1.807, 2.05) is 0 Å². The van der Waals surface area contributed by atoms with Gasteiger partial charge < -0.3 is 25.0 Å². The molecule has 2 aromatic carbocycles. The van der Waals surface area contributed by atoms with Crippen LogP contribution in [0.15, 0.2) is 48.5 Å². The number of thiocarbonyl (C=S) groups is 1. The topological polar surface area (TPSA) is 47.0 Å². The van der Waals surface area contributed by atoms with Crippen molar-refractivity contribution >= 4 is 23.0 Å². The molecule has 1 aliphatic rings. The maximum atomic E-state index is 12.3. The largest absolute Gasteiger partial charge is 0.435 e. The molecule has 2 aromatic rings. The number of nitrogens with one attached hydrogen (secondary N) is 3. The SMILES string of the molecule is Cc1ccc([C@@H](C[NH+]2CCOCC2)NC(=S)Nc2ccc(OC(F)F)cc2)cc1. The van der Waals surface area contributed by atoms with Gasteiger partial charge in [-0.15, -0.1) is 0 Å². The molecule has 0 amide bonds. The molecule has 1 saturated heterocycles. The fourth-order valence-corrected chi connectivity index (χ4v) is 3.51. The first-order valence-electron chi connectivity index (χ1n) is 9.60. The van der Waals surface area contributed by atoms with Crippen molar-refractivity contribution in [2.75, 3.05) is 38.2 Å². The van der Waals surface area contributed by atoms with Gasteiger partial charge in [-0.3, -0.25) is 0 Å². The smallest absolute Gasteiger partial charge is 0.387 e. The molecule has 3 rings (SSSR count). The van der Waals surface area contributed by atoms with E-state index in [-0.39, 0.29) is 11.8 Å². The summed E-state index contributed by atoms with van der Waals surface area (Å²) < 4.78 is 34.4. The highest BCUT2D eigenvalue weighted by Crippen LogP contribution is 2.18. The van der Waals surface area contributed by atoms with E-state index in [0.717, 1.165) is 32.8 Å². The standard InChI is InChI=1S/C21H25F2N3O2S/c1-15-2-4-16(5-3-15)19(14-26-10-12-27-13-11-26)25-21(29)24-17-6-8-18(9-7-17)28-20(22)23/h2-9,19-20H,10-14H2,1H3,(H2,24,25,29)/p+1/t19-/m1/s1. The second kappa shape index (κ2) is 10.5. The Hall–Kier alpha value is -2.29. The number of aryl methyl sites for hydroxylation is 1. The minimum atomic E-state index is -2.84. The predicted octanol–water partition coefficient (Wildman–Crippen LogP) is 2.54. The number of benzene rings is 2. The van der Waals surface area contributed by atoms with Crippen LogP contribution in [0.1, 0.15) is 17.2 Å². The van der Waals surface area contributed by atoms with Gasteiger partial charge in [-0.1, -0.05) is 29.8 Å². The Labute approximate surface area is 175 Å². The number of hydrogen-bond acceptors (Lipinski definition) is 3. The van der Waals surface area contributed by atoms with Crippen LogP contribution in [0.5, 0.6) is 5.75 Å². The fourth-order valence-electron chi connectivity index (χ4n) is 3.25. The quantitative estimate of drug-likeness (QED) is 0.599. The highest BCUT2D eigenvalue weighted by Gasteiger charge is 2.22. The van der Waals surface area contributed by atoms with E-state index in [2.05, 4.69) is 46.6 Å². The van der Waals surface area contributed by atoms with Gasteiger partial charge in [0.25, 0.3) is 0 Å². The number of quaternary nitrogens is 1. The molecule has 0 unspecified atom stereocenters. The van der Waals surface area contributed by atoms with Crippen LogP contribution in [-0.4, -0.2) is 44.6 Å². The predicted molar refractivity (Wildman–Crippen MR) is 113 cm³/mol. The van der Waals surface area contributed by atoms with Gasteiger partial charge >= 0.3 is 6.61 Å². The molecule has 0 radical (unpaired) electrons. The molecule has 1 aliphatic heterocycles. The van der Waals surface area contributed by atoms with Crippen LogP contribution in [-0.2, 0) is 4.74 Å². The van der Waals surface area contributed by atoms with Crippen LogP contribution in [0.4, 0.5) is 14.5 Å². The lowest BCUT2D eigenvalue weighted by molar-refractivity contribution is -0.909. The van der Waals surface area contributed by atoms with Crippen molar-refractivity contribution in [3.8, 4) is 5.75 Å². The summed E-state index contributed by atoms with van der Waals surface area (Å²) in [5.74, 6) is 0.109. The Morgan fingerprint density at radius 3 is 2.38 bits per heavy atom. The van der Waals surface area contributed by atoms with E-state index >= 15 is 0 Å². The maximum absolute atomic E-state index is 12.3. The molecule has 3 N–H and O–H groups in total. The van der Waals surface area contributed by atoms with Crippen LogP contribution >= 0.6 is 12.2 Å². The molecule has 29 heavy (non-hydrogen) atoms. The third-order valence-corrected chi connectivity index (χ3v) is 5.04. The van der Waals surface area contributed by atoms with Crippen LogP contribution in [0.2, 0.25) is 0 Å². The lowest BCUT2D eigenvalue weighted by Crippen LogP contribution is -3.14. The number of anilines is 1. The van der Waals surface area contributed by atoms with Crippen LogP contribution < -0.4 is 20.3 Å². The Balaban J connectivity index is 1.64. The van der Waals surface area contributed by atoms with Gasteiger partial charge in [0.1, 0.15) is 31.4 Å². The number of hydrogen-bond donors (Lipinski definition) is 3. The molecule has 0 aliphatic carbocycles. The number of alkyl halides is 2. The molecule has 8 heteroatoms. The molecule has 5 nitrogen and oxygen atoms in total. The van der Waals surface area contributed by atoms with E-state index < -0.39 is 6.61 Å². The molecule has 1 atom stereocenters. The average molecular weight is 423 g/mol. The highest BCUT2D eigenvalue weighted by atomic mass is 32.1. The lowest BCUT2D eigenvalue weighted by Gasteiger charge is -2.29. The van der Waals surface area contributed by atoms with Crippen LogP contribution in [0, 0.1) is 6.92 Å². The van der Waals surface area contributed by atoms with Crippen molar-refractivity contribution in [1.29, 1.82) is 0 Å². The summed E-state index contributed by atoms with van der Waals surface area (Å²) in [6.07, 6.45) is 0. The Kier molecular flexibility index (Phi) is 7.74. The Bertz CT molecular complexity index is 782. The first kappa shape index (κ1) is 21.4. The second-order valence-electron chi connectivity index (χ2n) is 7.03. The lowest BCUT2D eigenvalue weighted by atomic mass is 10.0. The fraction of sp³-hybridized carbons (Fsp3) is 0.381. The van der Waals surface area contributed by atoms with E-state index in [1.165, 1.54) is 28.2 Å². The Morgan fingerprint density at radius 2 is 1.76 bits per heavy atom. The minimum Gasteiger partial charge on any atom is -0.435 e. The zero-order valence-corrected chi connectivity index (χ0v) is 17.1. The van der Waals surface area contributed by atoms with Gasteiger partial charge in [-0.05, 0) is 49.0 Å². The summed E-state index contributed by atoms with van der Waals surface area (Å²) in [4.78, 5) is 1.46. The molecular formula is C21H26F2N3O2S+. The summed E-state index contributed by atoms with van der Waals surface area (Å²) in [5, 5.41) is 6.99. The van der Waals surface area contributed by atoms with E-state index in [4.69, 9.17) is 17.0 Å². The number of ether oxygens (including phenoxy) is 2. The van der Waals surface area contributed by atoms with Crippen molar-refractivity contribution < 1.29 is 23.2 Å². The molecular weight excluding hydrogens is 396 g/mol. The average Bonchev–Trinajstić information content (AvgIpc) is 2.70. The number of rotatable bonds is 7. The summed E-state index contributed by atoms with van der Waals surface area (Å²) in [7, 11) is 0. The third kappa shape index (κ3) is 6.92. The highest BCUT2D eigenvalue weighted by molar-refractivity contribution is 7.80. The zero-order valence-electron chi connectivity index (χ0n) is 16.3. The molecule has 0 spiro atoms. The maximum Gasteiger partial charge on any atom is 0.387 e. The van der Waals surface area contributed by atoms with E-state index in [1.54, 1.807) is 12.1 Å². The normalized spacial score (nSPS) is 15.7. The first-order valence-corrected chi connectivity index (χ1v) is 10.0. The monoisotopic (exact) mass is 422 g/mol. The molecule has 0 aromatic heterocycles. The third-order valence-electron chi connectivity index (χ3n) is 4.82. The summed E-state index contributed by atoms with van der Waals surface area (Å²) in [6, 6.07) is 14.7. The van der Waals surface area contributed by atoms with Crippen molar-refractivity contribution in [2.24, 2.45) is 0 Å². The van der Waals surface area contributed by atoms with Crippen molar-refractivity contribution in [1.82, 2.24) is 5.32 Å².